The minimum Gasteiger partial charge on any atom is -0.496 e. The van der Waals surface area contributed by atoms with Crippen LogP contribution >= 0.6 is 23.2 Å². The van der Waals surface area contributed by atoms with E-state index in [2.05, 4.69) is 15.6 Å². The van der Waals surface area contributed by atoms with Gasteiger partial charge >= 0.3 is 12.2 Å². The van der Waals surface area contributed by atoms with Crippen LogP contribution in [0.5, 0.6) is 17.4 Å². The number of hydrogen-bond donors (Lipinski definition) is 2. The van der Waals surface area contributed by atoms with Crippen molar-refractivity contribution in [1.29, 1.82) is 0 Å². The molecular formula is C21H14Cl2F3N3O4. The zero-order chi connectivity index (χ0) is 24.2. The van der Waals surface area contributed by atoms with E-state index in [-0.39, 0.29) is 33.7 Å². The van der Waals surface area contributed by atoms with Crippen molar-refractivity contribution in [3.8, 4) is 17.4 Å². The highest BCUT2D eigenvalue weighted by Gasteiger charge is 2.33. The Bertz CT molecular complexity index is 1190. The highest BCUT2D eigenvalue weighted by Crippen LogP contribution is 2.37. The molecule has 3 aromatic rings. The molecule has 0 spiro atoms. The van der Waals surface area contributed by atoms with Crippen LogP contribution in [-0.2, 0) is 6.18 Å². The van der Waals surface area contributed by atoms with Crippen LogP contribution in [-0.4, -0.2) is 24.0 Å². The lowest BCUT2D eigenvalue weighted by Crippen LogP contribution is -2.34. The second-order valence-electron chi connectivity index (χ2n) is 6.35. The third-order valence-electron chi connectivity index (χ3n) is 4.11. The Hall–Kier alpha value is -3.50. The summed E-state index contributed by atoms with van der Waals surface area (Å²) in [6.45, 7) is 0. The largest absolute Gasteiger partial charge is 0.496 e. The molecule has 0 atom stereocenters. The molecule has 33 heavy (non-hydrogen) atoms. The van der Waals surface area contributed by atoms with E-state index in [1.165, 1.54) is 43.6 Å². The summed E-state index contributed by atoms with van der Waals surface area (Å²) in [6, 6.07) is 9.46. The van der Waals surface area contributed by atoms with Crippen LogP contribution < -0.4 is 20.1 Å². The molecule has 3 rings (SSSR count). The third-order valence-corrected chi connectivity index (χ3v) is 4.75. The molecular weight excluding hydrogens is 486 g/mol. The van der Waals surface area contributed by atoms with E-state index in [0.717, 1.165) is 12.1 Å². The minimum atomic E-state index is -4.64. The smallest absolute Gasteiger partial charge is 0.417 e. The van der Waals surface area contributed by atoms with Crippen molar-refractivity contribution in [3.05, 3.63) is 75.9 Å². The fourth-order valence-corrected chi connectivity index (χ4v) is 3.12. The Kier molecular flexibility index (Phi) is 7.29. The summed E-state index contributed by atoms with van der Waals surface area (Å²) >= 11 is 11.6. The van der Waals surface area contributed by atoms with Crippen LogP contribution in [0, 0.1) is 0 Å². The van der Waals surface area contributed by atoms with E-state index in [0.29, 0.717) is 0 Å². The Morgan fingerprint density at radius 3 is 2.42 bits per heavy atom. The average Bonchev–Trinajstić information content (AvgIpc) is 2.75. The van der Waals surface area contributed by atoms with Crippen LogP contribution in [0.1, 0.15) is 15.9 Å². The van der Waals surface area contributed by atoms with E-state index in [1.807, 2.05) is 0 Å². The van der Waals surface area contributed by atoms with Crippen molar-refractivity contribution in [3.63, 3.8) is 0 Å². The maximum Gasteiger partial charge on any atom is 0.417 e. The molecule has 172 valence electrons. The maximum absolute atomic E-state index is 13.0. The fraction of sp³-hybridized carbons (Fsp3) is 0.0952. The molecule has 0 unspecified atom stereocenters. The van der Waals surface area contributed by atoms with Gasteiger partial charge in [0.05, 0.1) is 34.6 Å². The Labute approximate surface area is 195 Å². The van der Waals surface area contributed by atoms with Gasteiger partial charge in [-0.25, -0.2) is 9.78 Å². The molecule has 0 fully saturated rings. The van der Waals surface area contributed by atoms with Crippen molar-refractivity contribution >= 4 is 40.8 Å². The van der Waals surface area contributed by atoms with Gasteiger partial charge in [-0.05, 0) is 36.4 Å². The van der Waals surface area contributed by atoms with E-state index in [9.17, 15) is 22.8 Å². The number of aromatic nitrogens is 1. The monoisotopic (exact) mass is 499 g/mol. The van der Waals surface area contributed by atoms with Gasteiger partial charge in [-0.1, -0.05) is 29.3 Å². The normalized spacial score (nSPS) is 11.0. The number of urea groups is 1. The summed E-state index contributed by atoms with van der Waals surface area (Å²) < 4.78 is 49.3. The number of hydrogen-bond acceptors (Lipinski definition) is 5. The summed E-state index contributed by atoms with van der Waals surface area (Å²) in [5.74, 6) is -0.761. The van der Waals surface area contributed by atoms with Crippen LogP contribution in [0.3, 0.4) is 0 Å². The quantitative estimate of drug-likeness (QED) is 0.438. The van der Waals surface area contributed by atoms with Crippen molar-refractivity contribution < 1.29 is 32.2 Å². The summed E-state index contributed by atoms with van der Waals surface area (Å²) in [5.41, 5.74) is -0.873. The molecule has 0 saturated carbocycles. The zero-order valence-electron chi connectivity index (χ0n) is 16.7. The number of ether oxygens (including phenoxy) is 2. The minimum absolute atomic E-state index is 0.0140. The lowest BCUT2D eigenvalue weighted by molar-refractivity contribution is -0.137. The van der Waals surface area contributed by atoms with Crippen molar-refractivity contribution in [2.24, 2.45) is 0 Å². The predicted octanol–water partition coefficient (Wildman–Crippen LogP) is 6.17. The number of nitrogens with one attached hydrogen (secondary N) is 2. The number of nitrogens with zero attached hydrogens (tertiary/aromatic N) is 1. The molecule has 2 aromatic carbocycles. The summed E-state index contributed by atoms with van der Waals surface area (Å²) in [7, 11) is 1.35. The van der Waals surface area contributed by atoms with E-state index < -0.39 is 28.7 Å². The number of carbonyl (C=O) groups is 2. The first-order chi connectivity index (χ1) is 15.6. The van der Waals surface area contributed by atoms with Gasteiger partial charge in [-0.2, -0.15) is 13.2 Å². The summed E-state index contributed by atoms with van der Waals surface area (Å²) in [4.78, 5) is 28.4. The fourth-order valence-electron chi connectivity index (χ4n) is 2.64. The maximum atomic E-state index is 13.0. The van der Waals surface area contributed by atoms with Gasteiger partial charge in [0.15, 0.2) is 0 Å². The Morgan fingerprint density at radius 2 is 1.79 bits per heavy atom. The number of pyridine rings is 1. The van der Waals surface area contributed by atoms with E-state index in [1.54, 1.807) is 6.07 Å². The highest BCUT2D eigenvalue weighted by atomic mass is 35.5. The van der Waals surface area contributed by atoms with Crippen molar-refractivity contribution in [2.75, 3.05) is 12.4 Å². The highest BCUT2D eigenvalue weighted by molar-refractivity contribution is 6.34. The van der Waals surface area contributed by atoms with E-state index in [4.69, 9.17) is 32.7 Å². The second-order valence-corrected chi connectivity index (χ2v) is 7.17. The number of rotatable bonds is 5. The number of imide groups is 1. The molecule has 0 bridgehead atoms. The molecule has 0 radical (unpaired) electrons. The summed E-state index contributed by atoms with van der Waals surface area (Å²) in [6.07, 6.45) is -3.45. The summed E-state index contributed by atoms with van der Waals surface area (Å²) in [5, 5.41) is 4.13. The number of amides is 3. The zero-order valence-corrected chi connectivity index (χ0v) is 18.2. The lowest BCUT2D eigenvalue weighted by atomic mass is 10.2. The van der Waals surface area contributed by atoms with Gasteiger partial charge in [0.2, 0.25) is 5.88 Å². The molecule has 2 N–H and O–H groups in total. The van der Waals surface area contributed by atoms with Crippen LogP contribution in [0.25, 0.3) is 0 Å². The van der Waals surface area contributed by atoms with Gasteiger partial charge in [0, 0.05) is 6.07 Å². The van der Waals surface area contributed by atoms with Crippen LogP contribution in [0.15, 0.2) is 54.7 Å². The topological polar surface area (TPSA) is 89.5 Å². The number of methoxy groups -OCH3 is 1. The molecule has 0 saturated heterocycles. The van der Waals surface area contributed by atoms with Crippen LogP contribution in [0.4, 0.5) is 23.7 Å². The van der Waals surface area contributed by atoms with Gasteiger partial charge in [-0.3, -0.25) is 10.1 Å². The Morgan fingerprint density at radius 1 is 1.03 bits per heavy atom. The number of alkyl halides is 3. The molecule has 1 heterocycles. The van der Waals surface area contributed by atoms with Crippen LogP contribution in [0.2, 0.25) is 10.0 Å². The first kappa shape index (κ1) is 24.1. The van der Waals surface area contributed by atoms with Gasteiger partial charge in [-0.15, -0.1) is 0 Å². The SMILES string of the molecule is COc1cccc(Cl)c1C(=O)NC(=O)Nc1ccc(Oc2ccc(Cl)c(C(F)(F)F)c2)nc1. The average molecular weight is 500 g/mol. The second kappa shape index (κ2) is 9.97. The molecule has 3 amide bonds. The number of anilines is 1. The van der Waals surface area contributed by atoms with Gasteiger partial charge in [0.1, 0.15) is 17.1 Å². The number of carbonyl (C=O) groups excluding carboxylic acids is 2. The standard InChI is InChI=1S/C21H14Cl2F3N3O4/c1-32-16-4-2-3-15(23)18(16)19(30)29-20(31)28-11-5-8-17(27-10-11)33-12-6-7-14(22)13(9-12)21(24,25)26/h2-10H,1H3,(H2,28,29,30,31). The molecule has 1 aromatic heterocycles. The first-order valence-corrected chi connectivity index (χ1v) is 9.79. The van der Waals surface area contributed by atoms with Crippen molar-refractivity contribution in [1.82, 2.24) is 10.3 Å². The first-order valence-electron chi connectivity index (χ1n) is 9.04. The van der Waals surface area contributed by atoms with Gasteiger partial charge < -0.3 is 14.8 Å². The molecule has 7 nitrogen and oxygen atoms in total. The molecule has 0 aliphatic heterocycles. The Balaban J connectivity index is 1.64. The van der Waals surface area contributed by atoms with Gasteiger partial charge in [0.25, 0.3) is 5.91 Å². The predicted molar refractivity (Wildman–Crippen MR) is 115 cm³/mol. The molecule has 12 heteroatoms. The lowest BCUT2D eigenvalue weighted by Gasteiger charge is -2.12. The number of halogens is 5. The third kappa shape index (κ3) is 6.05. The molecule has 0 aliphatic rings. The van der Waals surface area contributed by atoms with Crippen molar-refractivity contribution in [2.45, 2.75) is 6.18 Å². The van der Waals surface area contributed by atoms with E-state index >= 15 is 0 Å². The number of benzene rings is 2. The molecule has 0 aliphatic carbocycles.